The number of aryl methyl sites for hydroxylation is 2. The number of aromatic nitrogens is 2. The van der Waals surface area contributed by atoms with E-state index in [9.17, 15) is 14.5 Å². The van der Waals surface area contributed by atoms with Crippen molar-refractivity contribution in [3.05, 3.63) is 45.4 Å². The van der Waals surface area contributed by atoms with Crippen molar-refractivity contribution in [1.29, 1.82) is 0 Å². The Labute approximate surface area is 113 Å². The van der Waals surface area contributed by atoms with Gasteiger partial charge in [-0.1, -0.05) is 0 Å². The first kappa shape index (κ1) is 13.7. The minimum atomic E-state index is -0.650. The van der Waals surface area contributed by atoms with Gasteiger partial charge in [0, 0.05) is 0 Å². The zero-order valence-electron chi connectivity index (χ0n) is 10.8. The number of anilines is 1. The van der Waals surface area contributed by atoms with Crippen LogP contribution in [0.1, 0.15) is 11.3 Å². The monoisotopic (exact) mass is 278 g/mol. The second-order valence-corrected chi connectivity index (χ2v) is 4.09. The zero-order valence-corrected chi connectivity index (χ0v) is 10.8. The zero-order chi connectivity index (χ0) is 14.9. The quantitative estimate of drug-likeness (QED) is 0.683. The SMILES string of the molecule is Cc1cc(F)ccc1Oc1nc(N)nc(C)c1[N+](=O)[O-]. The third-order valence-electron chi connectivity index (χ3n) is 2.57. The van der Waals surface area contributed by atoms with Crippen LogP contribution in [0.15, 0.2) is 18.2 Å². The first-order valence-electron chi connectivity index (χ1n) is 5.61. The molecule has 2 rings (SSSR count). The molecule has 104 valence electrons. The Bertz CT molecular complexity index is 691. The van der Waals surface area contributed by atoms with Crippen LogP contribution in [0.25, 0.3) is 0 Å². The van der Waals surface area contributed by atoms with Gasteiger partial charge in [0.25, 0.3) is 0 Å². The van der Waals surface area contributed by atoms with E-state index in [0.29, 0.717) is 5.56 Å². The molecule has 0 unspecified atom stereocenters. The predicted molar refractivity (Wildman–Crippen MR) is 69.0 cm³/mol. The van der Waals surface area contributed by atoms with Gasteiger partial charge >= 0.3 is 11.6 Å². The van der Waals surface area contributed by atoms with E-state index in [1.165, 1.54) is 25.1 Å². The summed E-state index contributed by atoms with van der Waals surface area (Å²) in [6.07, 6.45) is 0. The topological polar surface area (TPSA) is 104 Å². The van der Waals surface area contributed by atoms with E-state index in [1.54, 1.807) is 6.92 Å². The summed E-state index contributed by atoms with van der Waals surface area (Å²) in [5, 5.41) is 11.0. The van der Waals surface area contributed by atoms with E-state index in [-0.39, 0.29) is 29.0 Å². The molecule has 1 aromatic heterocycles. The van der Waals surface area contributed by atoms with E-state index < -0.39 is 10.7 Å². The molecule has 1 heterocycles. The minimum Gasteiger partial charge on any atom is -0.433 e. The van der Waals surface area contributed by atoms with Crippen LogP contribution in [0.5, 0.6) is 11.6 Å². The molecule has 20 heavy (non-hydrogen) atoms. The Morgan fingerprint density at radius 3 is 2.65 bits per heavy atom. The van der Waals surface area contributed by atoms with E-state index >= 15 is 0 Å². The Kier molecular flexibility index (Phi) is 3.47. The van der Waals surface area contributed by atoms with E-state index in [1.807, 2.05) is 0 Å². The van der Waals surface area contributed by atoms with Crippen LogP contribution < -0.4 is 10.5 Å². The molecule has 0 fully saturated rings. The molecule has 0 spiro atoms. The van der Waals surface area contributed by atoms with Gasteiger partial charge in [0.05, 0.1) is 4.92 Å². The van der Waals surface area contributed by atoms with Crippen LogP contribution in [0.4, 0.5) is 16.0 Å². The lowest BCUT2D eigenvalue weighted by molar-refractivity contribution is -0.386. The third kappa shape index (κ3) is 2.63. The lowest BCUT2D eigenvalue weighted by Gasteiger charge is -2.09. The van der Waals surface area contributed by atoms with Crippen LogP contribution >= 0.6 is 0 Å². The van der Waals surface area contributed by atoms with Gasteiger partial charge in [0.2, 0.25) is 5.95 Å². The van der Waals surface area contributed by atoms with Crippen molar-refractivity contribution in [2.75, 3.05) is 5.73 Å². The summed E-state index contributed by atoms with van der Waals surface area (Å²) in [6.45, 7) is 3.04. The highest BCUT2D eigenvalue weighted by molar-refractivity contribution is 5.50. The summed E-state index contributed by atoms with van der Waals surface area (Å²) in [7, 11) is 0. The van der Waals surface area contributed by atoms with Crippen molar-refractivity contribution >= 4 is 11.6 Å². The van der Waals surface area contributed by atoms with Crippen LogP contribution in [0.2, 0.25) is 0 Å². The lowest BCUT2D eigenvalue weighted by Crippen LogP contribution is -2.05. The van der Waals surface area contributed by atoms with E-state index in [2.05, 4.69) is 9.97 Å². The average Bonchev–Trinajstić information content (AvgIpc) is 2.31. The molecular weight excluding hydrogens is 267 g/mol. The normalized spacial score (nSPS) is 10.3. The van der Waals surface area contributed by atoms with Crippen LogP contribution in [-0.2, 0) is 0 Å². The van der Waals surface area contributed by atoms with Crippen LogP contribution in [0.3, 0.4) is 0 Å². The lowest BCUT2D eigenvalue weighted by atomic mass is 10.2. The Balaban J connectivity index is 2.50. The van der Waals surface area contributed by atoms with Crippen LogP contribution in [-0.4, -0.2) is 14.9 Å². The number of halogens is 1. The molecule has 8 heteroatoms. The molecule has 0 radical (unpaired) electrons. The molecule has 0 aliphatic rings. The second-order valence-electron chi connectivity index (χ2n) is 4.09. The highest BCUT2D eigenvalue weighted by Crippen LogP contribution is 2.33. The fraction of sp³-hybridized carbons (Fsp3) is 0.167. The largest absolute Gasteiger partial charge is 0.433 e. The number of hydrogen-bond acceptors (Lipinski definition) is 6. The molecule has 0 atom stereocenters. The number of rotatable bonds is 3. The van der Waals surface area contributed by atoms with Gasteiger partial charge in [0.1, 0.15) is 17.3 Å². The molecule has 2 aromatic rings. The van der Waals surface area contributed by atoms with Crippen molar-refractivity contribution in [2.24, 2.45) is 0 Å². The summed E-state index contributed by atoms with van der Waals surface area (Å²) in [4.78, 5) is 17.8. The van der Waals surface area contributed by atoms with Crippen LogP contribution in [0, 0.1) is 29.8 Å². The highest BCUT2D eigenvalue weighted by Gasteiger charge is 2.24. The van der Waals surface area contributed by atoms with Crippen molar-refractivity contribution in [1.82, 2.24) is 9.97 Å². The maximum absolute atomic E-state index is 13.0. The molecule has 0 amide bonds. The number of nitrogens with zero attached hydrogens (tertiary/aromatic N) is 3. The minimum absolute atomic E-state index is 0.0947. The van der Waals surface area contributed by atoms with Gasteiger partial charge in [-0.25, -0.2) is 9.37 Å². The summed E-state index contributed by atoms with van der Waals surface area (Å²) >= 11 is 0. The van der Waals surface area contributed by atoms with Crippen molar-refractivity contribution < 1.29 is 14.1 Å². The molecule has 0 saturated carbocycles. The first-order valence-corrected chi connectivity index (χ1v) is 5.61. The summed E-state index contributed by atoms with van der Waals surface area (Å²) in [5.74, 6) is -0.577. The second kappa shape index (κ2) is 5.08. The highest BCUT2D eigenvalue weighted by atomic mass is 19.1. The van der Waals surface area contributed by atoms with Gasteiger partial charge in [-0.15, -0.1) is 0 Å². The molecular formula is C12H11FN4O3. The standard InChI is InChI=1S/C12H11FN4O3/c1-6-5-8(13)3-4-9(6)20-11-10(17(18)19)7(2)15-12(14)16-11/h3-5H,1-2H3,(H2,14,15,16). The van der Waals surface area contributed by atoms with Gasteiger partial charge < -0.3 is 10.5 Å². The Morgan fingerprint density at radius 2 is 2.05 bits per heavy atom. The number of nitrogen functional groups attached to an aromatic ring is 1. The Morgan fingerprint density at radius 1 is 1.35 bits per heavy atom. The number of hydrogen-bond donors (Lipinski definition) is 1. The van der Waals surface area contributed by atoms with Gasteiger partial charge in [0.15, 0.2) is 0 Å². The maximum atomic E-state index is 13.0. The number of benzene rings is 1. The molecule has 1 aromatic carbocycles. The molecule has 7 nitrogen and oxygen atoms in total. The van der Waals surface area contributed by atoms with E-state index in [4.69, 9.17) is 10.5 Å². The number of nitrogens with two attached hydrogens (primary N) is 1. The number of nitro groups is 1. The molecule has 0 bridgehead atoms. The van der Waals surface area contributed by atoms with Gasteiger partial charge in [-0.05, 0) is 37.6 Å². The molecule has 0 aliphatic heterocycles. The molecule has 0 saturated heterocycles. The summed E-state index contributed by atoms with van der Waals surface area (Å²) < 4.78 is 18.4. The fourth-order valence-electron chi connectivity index (χ4n) is 1.67. The smallest absolute Gasteiger partial charge is 0.352 e. The summed E-state index contributed by atoms with van der Waals surface area (Å²) in [6, 6.07) is 3.80. The first-order chi connectivity index (χ1) is 9.38. The van der Waals surface area contributed by atoms with Crippen molar-refractivity contribution in [3.63, 3.8) is 0 Å². The fourth-order valence-corrected chi connectivity index (χ4v) is 1.67. The Hall–Kier alpha value is -2.77. The van der Waals surface area contributed by atoms with Gasteiger partial charge in [-0.2, -0.15) is 4.98 Å². The average molecular weight is 278 g/mol. The van der Waals surface area contributed by atoms with Crippen molar-refractivity contribution in [2.45, 2.75) is 13.8 Å². The van der Waals surface area contributed by atoms with Gasteiger partial charge in [-0.3, -0.25) is 10.1 Å². The van der Waals surface area contributed by atoms with Crippen molar-refractivity contribution in [3.8, 4) is 11.6 Å². The number of ether oxygens (including phenoxy) is 1. The molecule has 0 aliphatic carbocycles. The van der Waals surface area contributed by atoms with E-state index in [0.717, 1.165) is 0 Å². The predicted octanol–water partition coefficient (Wildman–Crippen LogP) is 2.52. The maximum Gasteiger partial charge on any atom is 0.352 e. The summed E-state index contributed by atoms with van der Waals surface area (Å²) in [5.41, 5.74) is 5.66. The third-order valence-corrected chi connectivity index (χ3v) is 2.57. The molecule has 2 N–H and O–H groups in total.